The smallest absolute Gasteiger partial charge is 0.255 e. The minimum Gasteiger partial charge on any atom is -0.490 e. The van der Waals surface area contributed by atoms with Gasteiger partial charge in [0.1, 0.15) is 19.0 Å². The van der Waals surface area contributed by atoms with Gasteiger partial charge in [-0.25, -0.2) is 4.39 Å². The molecule has 132 valence electrons. The standard InChI is InChI=1S/C17H23ClFN3O2/c1-22-11-2-3-12(22)7-10(6-11)21-17(23)13-8-14(18)15(20)9-16(13)24-5-4-19/h8-12H,2-7,20H2,1H3,(H,21,23). The van der Waals surface area contributed by atoms with Crippen LogP contribution in [-0.4, -0.2) is 49.3 Å². The molecule has 2 heterocycles. The number of amides is 1. The third-order valence-corrected chi connectivity index (χ3v) is 5.44. The molecule has 0 saturated carbocycles. The normalized spacial score (nSPS) is 26.4. The highest BCUT2D eigenvalue weighted by atomic mass is 35.5. The molecule has 2 aliphatic rings. The summed E-state index contributed by atoms with van der Waals surface area (Å²) in [5, 5.41) is 3.37. The monoisotopic (exact) mass is 355 g/mol. The van der Waals surface area contributed by atoms with Gasteiger partial charge in [0.2, 0.25) is 0 Å². The van der Waals surface area contributed by atoms with Gasteiger partial charge in [-0.2, -0.15) is 0 Å². The van der Waals surface area contributed by atoms with Gasteiger partial charge in [-0.3, -0.25) is 4.79 Å². The number of benzene rings is 1. The number of hydrogen-bond donors (Lipinski definition) is 2. The second-order valence-corrected chi connectivity index (χ2v) is 7.01. The van der Waals surface area contributed by atoms with E-state index in [4.69, 9.17) is 22.1 Å². The predicted octanol–water partition coefficient (Wildman–Crippen LogP) is 2.63. The number of piperidine rings is 1. The molecular formula is C17H23ClFN3O2. The van der Waals surface area contributed by atoms with E-state index >= 15 is 0 Å². The molecule has 2 saturated heterocycles. The lowest BCUT2D eigenvalue weighted by Crippen LogP contribution is -2.48. The van der Waals surface area contributed by atoms with E-state index in [1.54, 1.807) is 0 Å². The van der Waals surface area contributed by atoms with E-state index in [2.05, 4.69) is 17.3 Å². The van der Waals surface area contributed by atoms with E-state index in [-0.39, 0.29) is 29.3 Å². The third kappa shape index (κ3) is 3.44. The lowest BCUT2D eigenvalue weighted by molar-refractivity contribution is 0.0878. The van der Waals surface area contributed by atoms with Crippen LogP contribution in [0.15, 0.2) is 12.1 Å². The topological polar surface area (TPSA) is 67.6 Å². The molecule has 7 heteroatoms. The van der Waals surface area contributed by atoms with Crippen LogP contribution in [0.1, 0.15) is 36.0 Å². The Bertz CT molecular complexity index is 614. The van der Waals surface area contributed by atoms with Crippen molar-refractivity contribution < 1.29 is 13.9 Å². The van der Waals surface area contributed by atoms with E-state index in [0.29, 0.717) is 23.3 Å². The molecule has 2 bridgehead atoms. The maximum Gasteiger partial charge on any atom is 0.255 e. The Balaban J connectivity index is 1.73. The lowest BCUT2D eigenvalue weighted by atomic mass is 9.97. The van der Waals surface area contributed by atoms with E-state index in [0.717, 1.165) is 12.8 Å². The summed E-state index contributed by atoms with van der Waals surface area (Å²) in [6, 6.07) is 4.17. The van der Waals surface area contributed by atoms with Crippen molar-refractivity contribution >= 4 is 23.2 Å². The number of hydrogen-bond acceptors (Lipinski definition) is 4. The molecule has 0 aromatic heterocycles. The summed E-state index contributed by atoms with van der Waals surface area (Å²) in [4.78, 5) is 15.1. The van der Waals surface area contributed by atoms with Gasteiger partial charge in [0.05, 0.1) is 16.3 Å². The van der Waals surface area contributed by atoms with Crippen LogP contribution >= 0.6 is 11.6 Å². The van der Waals surface area contributed by atoms with Gasteiger partial charge in [0.15, 0.2) is 0 Å². The Morgan fingerprint density at radius 3 is 2.71 bits per heavy atom. The van der Waals surface area contributed by atoms with Crippen LogP contribution in [0.5, 0.6) is 5.75 Å². The Morgan fingerprint density at radius 2 is 2.08 bits per heavy atom. The summed E-state index contributed by atoms with van der Waals surface area (Å²) in [7, 11) is 2.16. The Hall–Kier alpha value is -1.53. The molecule has 5 nitrogen and oxygen atoms in total. The number of nitrogens with zero attached hydrogens (tertiary/aromatic N) is 1. The Morgan fingerprint density at radius 1 is 1.42 bits per heavy atom. The number of carbonyl (C=O) groups is 1. The van der Waals surface area contributed by atoms with E-state index in [1.807, 2.05) is 0 Å². The van der Waals surface area contributed by atoms with Gasteiger partial charge in [-0.15, -0.1) is 0 Å². The van der Waals surface area contributed by atoms with Gasteiger partial charge >= 0.3 is 0 Å². The molecule has 2 unspecified atom stereocenters. The number of rotatable bonds is 5. The van der Waals surface area contributed by atoms with E-state index in [1.165, 1.54) is 25.0 Å². The van der Waals surface area contributed by atoms with E-state index < -0.39 is 6.67 Å². The lowest BCUT2D eigenvalue weighted by Gasteiger charge is -2.36. The molecule has 0 spiro atoms. The van der Waals surface area contributed by atoms with Crippen LogP contribution < -0.4 is 15.8 Å². The van der Waals surface area contributed by atoms with Crippen molar-refractivity contribution in [2.24, 2.45) is 0 Å². The van der Waals surface area contributed by atoms with Crippen LogP contribution in [0.4, 0.5) is 10.1 Å². The molecule has 3 N–H and O–H groups in total. The summed E-state index contributed by atoms with van der Waals surface area (Å²) < 4.78 is 17.7. The highest BCUT2D eigenvalue weighted by molar-refractivity contribution is 6.33. The third-order valence-electron chi connectivity index (χ3n) is 5.11. The maximum atomic E-state index is 12.7. The van der Waals surface area contributed by atoms with Crippen LogP contribution in [-0.2, 0) is 0 Å². The van der Waals surface area contributed by atoms with E-state index in [9.17, 15) is 9.18 Å². The number of nitrogens with two attached hydrogens (primary N) is 1. The summed E-state index contributed by atoms with van der Waals surface area (Å²) >= 11 is 6.04. The number of alkyl halides is 1. The van der Waals surface area contributed by atoms with Crippen LogP contribution in [0.3, 0.4) is 0 Å². The minimum atomic E-state index is -0.637. The van der Waals surface area contributed by atoms with Gasteiger partial charge in [-0.1, -0.05) is 11.6 Å². The van der Waals surface area contributed by atoms with Gasteiger partial charge < -0.3 is 20.7 Å². The van der Waals surface area contributed by atoms with Crippen LogP contribution in [0, 0.1) is 0 Å². The molecule has 2 fully saturated rings. The average Bonchev–Trinajstić information content (AvgIpc) is 2.76. The number of fused-ring (bicyclic) bond motifs is 2. The number of ether oxygens (including phenoxy) is 1. The number of carbonyl (C=O) groups excluding carboxylic acids is 1. The minimum absolute atomic E-state index is 0.125. The summed E-state index contributed by atoms with van der Waals surface area (Å²) in [5.41, 5.74) is 6.37. The molecule has 2 aliphatic heterocycles. The first-order chi connectivity index (χ1) is 11.5. The second-order valence-electron chi connectivity index (χ2n) is 6.60. The van der Waals surface area contributed by atoms with Gasteiger partial charge in [0, 0.05) is 24.2 Å². The summed E-state index contributed by atoms with van der Waals surface area (Å²) in [6.45, 7) is -0.762. The zero-order valence-corrected chi connectivity index (χ0v) is 14.5. The predicted molar refractivity (Wildman–Crippen MR) is 92.4 cm³/mol. The van der Waals surface area contributed by atoms with Gasteiger partial charge in [0.25, 0.3) is 5.91 Å². The molecular weight excluding hydrogens is 333 g/mol. The zero-order valence-electron chi connectivity index (χ0n) is 13.7. The van der Waals surface area contributed by atoms with Crippen molar-refractivity contribution in [2.45, 2.75) is 43.8 Å². The zero-order chi connectivity index (χ0) is 17.3. The van der Waals surface area contributed by atoms with Crippen LogP contribution in [0.25, 0.3) is 0 Å². The average molecular weight is 356 g/mol. The highest BCUT2D eigenvalue weighted by Gasteiger charge is 2.39. The van der Waals surface area contributed by atoms with Crippen molar-refractivity contribution in [3.8, 4) is 5.75 Å². The Labute approximate surface area is 146 Å². The van der Waals surface area contributed by atoms with Crippen LogP contribution in [0.2, 0.25) is 5.02 Å². The molecule has 1 aromatic rings. The first kappa shape index (κ1) is 17.3. The maximum absolute atomic E-state index is 12.7. The van der Waals surface area contributed by atoms with Crippen molar-refractivity contribution in [1.29, 1.82) is 0 Å². The molecule has 2 atom stereocenters. The molecule has 1 amide bonds. The second kappa shape index (κ2) is 7.15. The summed E-state index contributed by atoms with van der Waals surface area (Å²) in [5.74, 6) is 0.0164. The first-order valence-corrected chi connectivity index (χ1v) is 8.68. The molecule has 0 aliphatic carbocycles. The van der Waals surface area contributed by atoms with Crippen molar-refractivity contribution in [3.05, 3.63) is 22.7 Å². The van der Waals surface area contributed by atoms with Crippen molar-refractivity contribution in [3.63, 3.8) is 0 Å². The number of nitrogen functional groups attached to an aromatic ring is 1. The largest absolute Gasteiger partial charge is 0.490 e. The quantitative estimate of drug-likeness (QED) is 0.797. The fraction of sp³-hybridized carbons (Fsp3) is 0.588. The molecule has 24 heavy (non-hydrogen) atoms. The SMILES string of the molecule is CN1C2CCC1CC(NC(=O)c1cc(Cl)c(N)cc1OCCF)C2. The summed E-state index contributed by atoms with van der Waals surface area (Å²) in [6.07, 6.45) is 4.27. The van der Waals surface area contributed by atoms with Gasteiger partial charge in [-0.05, 0) is 38.8 Å². The molecule has 3 rings (SSSR count). The highest BCUT2D eigenvalue weighted by Crippen LogP contribution is 2.35. The van der Waals surface area contributed by atoms with Crippen molar-refractivity contribution in [2.75, 3.05) is 26.1 Å². The van der Waals surface area contributed by atoms with Crippen molar-refractivity contribution in [1.82, 2.24) is 10.2 Å². The number of halogens is 2. The first-order valence-electron chi connectivity index (χ1n) is 8.30. The number of anilines is 1. The molecule has 0 radical (unpaired) electrons. The fourth-order valence-corrected chi connectivity index (χ4v) is 3.97. The Kier molecular flexibility index (Phi) is 5.15. The number of nitrogens with one attached hydrogen (secondary N) is 1. The fourth-order valence-electron chi connectivity index (χ4n) is 3.81. The molecule has 1 aromatic carbocycles.